The van der Waals surface area contributed by atoms with Crippen LogP contribution in [0, 0.1) is 5.92 Å². The molecule has 0 aromatic heterocycles. The Morgan fingerprint density at radius 3 is 1.94 bits per heavy atom. The van der Waals surface area contributed by atoms with Gasteiger partial charge in [-0.2, -0.15) is 0 Å². The molecule has 1 aliphatic carbocycles. The highest BCUT2D eigenvalue weighted by Crippen LogP contribution is 2.33. The van der Waals surface area contributed by atoms with Crippen LogP contribution in [0.4, 0.5) is 0 Å². The van der Waals surface area contributed by atoms with Crippen LogP contribution in [0.15, 0.2) is 0 Å². The second-order valence-corrected chi connectivity index (χ2v) is 22.4. The van der Waals surface area contributed by atoms with Gasteiger partial charge in [0.25, 0.3) is 0 Å². The zero-order valence-electron chi connectivity index (χ0n) is 47.2. The van der Waals surface area contributed by atoms with Crippen molar-refractivity contribution in [2.24, 2.45) is 5.92 Å². The summed E-state index contributed by atoms with van der Waals surface area (Å²) in [7, 11) is 11.5. The first-order valence-corrected chi connectivity index (χ1v) is 27.7. The zero-order valence-corrected chi connectivity index (χ0v) is 48.0. The van der Waals surface area contributed by atoms with E-state index in [1.54, 1.807) is 0 Å². The fourth-order valence-corrected chi connectivity index (χ4v) is 11.0. The molecule has 26 heteroatoms. The number of hydrogen-bond donors (Lipinski definition) is 3. The lowest BCUT2D eigenvalue weighted by Gasteiger charge is -2.44. The van der Waals surface area contributed by atoms with Crippen molar-refractivity contribution in [1.82, 2.24) is 60.0 Å². The van der Waals surface area contributed by atoms with E-state index in [2.05, 4.69) is 16.0 Å². The molecule has 0 bridgehead atoms. The first-order chi connectivity index (χ1) is 36.2. The lowest BCUT2D eigenvalue weighted by atomic mass is 9.94. The lowest BCUT2D eigenvalue weighted by Crippen LogP contribution is -2.64. The topological polar surface area (TPSA) is 279 Å². The van der Waals surface area contributed by atoms with Gasteiger partial charge in [0.2, 0.25) is 70.9 Å². The number of nitrogens with zero attached hydrogens (tertiary/aromatic N) is 9. The van der Waals surface area contributed by atoms with Crippen LogP contribution >= 0.6 is 11.8 Å². The summed E-state index contributed by atoms with van der Waals surface area (Å²) in [5.74, 6) is -7.11. The standard InChI is InChI=1S/C51H84N12O13S/c1-13-23-76-29-37-48(73)56(7)27-39(64)52-26-41(66)62-21-16-17-34(62)45(70)54-51(19-14-15-20-51)50(75)57(8)28-42(67)60(11)38(47(72)55(5)6)30-77-31-43(68)59(10)36(24-32(2)3)44(69)53-25-40(65)58(9)33(4)46(71)63-22-18-35(63)49(74)61(37)12/h32-38H,13-31H2,1-12H3,(H,52,64)(H,53,69)(H,54,70). The average molecular weight is 1110 g/mol. The molecule has 432 valence electrons. The lowest BCUT2D eigenvalue weighted by molar-refractivity contribution is -0.160. The van der Waals surface area contributed by atoms with Gasteiger partial charge in [0.05, 0.1) is 38.5 Å². The maximum atomic E-state index is 14.3. The fraction of sp³-hybridized carbons (Fsp3) is 0.765. The van der Waals surface area contributed by atoms with Gasteiger partial charge in [0.1, 0.15) is 41.8 Å². The Bertz CT molecular complexity index is 2210. The van der Waals surface area contributed by atoms with E-state index < -0.39 is 139 Å². The number of rotatable bonds is 7. The van der Waals surface area contributed by atoms with Gasteiger partial charge in [-0.3, -0.25) is 57.5 Å². The molecule has 6 unspecified atom stereocenters. The van der Waals surface area contributed by atoms with Gasteiger partial charge >= 0.3 is 0 Å². The second-order valence-electron chi connectivity index (χ2n) is 21.3. The van der Waals surface area contributed by atoms with Crippen molar-refractivity contribution in [3.8, 4) is 0 Å². The summed E-state index contributed by atoms with van der Waals surface area (Å²) < 4.78 is 5.74. The minimum atomic E-state index is -1.38. The molecule has 4 fully saturated rings. The highest BCUT2D eigenvalue weighted by molar-refractivity contribution is 8.00. The molecule has 0 aromatic carbocycles. The van der Waals surface area contributed by atoms with Crippen molar-refractivity contribution >= 4 is 82.6 Å². The maximum Gasteiger partial charge on any atom is 0.248 e. The van der Waals surface area contributed by atoms with Crippen LogP contribution in [0.3, 0.4) is 0 Å². The third kappa shape index (κ3) is 16.0. The van der Waals surface area contributed by atoms with Crippen LogP contribution < -0.4 is 16.0 Å². The first-order valence-electron chi connectivity index (χ1n) is 26.6. The van der Waals surface area contributed by atoms with Gasteiger partial charge in [-0.05, 0) is 57.8 Å². The van der Waals surface area contributed by atoms with Gasteiger partial charge < -0.3 is 64.8 Å². The van der Waals surface area contributed by atoms with Crippen LogP contribution in [0.25, 0.3) is 0 Å². The summed E-state index contributed by atoms with van der Waals surface area (Å²) in [5.41, 5.74) is -1.38. The molecule has 12 amide bonds. The second kappa shape index (κ2) is 28.5. The van der Waals surface area contributed by atoms with Gasteiger partial charge in [0.15, 0.2) is 0 Å². The molecule has 3 heterocycles. The van der Waals surface area contributed by atoms with Crippen LogP contribution in [0.5, 0.6) is 0 Å². The summed E-state index contributed by atoms with van der Waals surface area (Å²) >= 11 is 1.07. The minimum Gasteiger partial charge on any atom is -0.379 e. The largest absolute Gasteiger partial charge is 0.379 e. The summed E-state index contributed by atoms with van der Waals surface area (Å²) in [6.45, 7) is 5.55. The van der Waals surface area contributed by atoms with Crippen molar-refractivity contribution in [2.75, 3.05) is 120 Å². The normalized spacial score (nSPS) is 26.5. The van der Waals surface area contributed by atoms with Gasteiger partial charge in [-0.1, -0.05) is 33.6 Å². The third-order valence-electron chi connectivity index (χ3n) is 15.0. The van der Waals surface area contributed by atoms with E-state index in [0.717, 1.165) is 21.6 Å². The van der Waals surface area contributed by atoms with E-state index in [-0.39, 0.29) is 75.8 Å². The Labute approximate surface area is 457 Å². The van der Waals surface area contributed by atoms with Crippen LogP contribution in [0.2, 0.25) is 0 Å². The monoisotopic (exact) mass is 1100 g/mol. The molecular formula is C51H84N12O13S. The van der Waals surface area contributed by atoms with E-state index >= 15 is 0 Å². The van der Waals surface area contributed by atoms with Crippen molar-refractivity contribution in [3.63, 3.8) is 0 Å². The summed E-state index contributed by atoms with van der Waals surface area (Å²) in [6.07, 6.45) is 3.63. The Balaban J connectivity index is 1.63. The number of ether oxygens (including phenoxy) is 1. The Morgan fingerprint density at radius 2 is 1.34 bits per heavy atom. The molecular weight excluding hydrogens is 1020 g/mol. The van der Waals surface area contributed by atoms with Crippen molar-refractivity contribution < 1.29 is 62.3 Å². The van der Waals surface area contributed by atoms with E-state index in [1.165, 1.54) is 97.6 Å². The smallest absolute Gasteiger partial charge is 0.248 e. The van der Waals surface area contributed by atoms with E-state index in [1.807, 2.05) is 20.8 Å². The van der Waals surface area contributed by atoms with Crippen molar-refractivity contribution in [3.05, 3.63) is 0 Å². The molecule has 3 saturated heterocycles. The number of nitrogens with one attached hydrogen (secondary N) is 3. The van der Waals surface area contributed by atoms with Gasteiger partial charge in [0, 0.05) is 81.8 Å². The number of carbonyl (C=O) groups excluding carboxylic acids is 12. The van der Waals surface area contributed by atoms with Crippen molar-refractivity contribution in [1.29, 1.82) is 0 Å². The molecule has 3 aliphatic heterocycles. The molecule has 1 spiro atoms. The predicted molar refractivity (Wildman–Crippen MR) is 284 cm³/mol. The fourth-order valence-electron chi connectivity index (χ4n) is 9.91. The number of likely N-dealkylation sites (N-methyl/N-ethyl adjacent to an activating group) is 7. The average Bonchev–Trinajstić information content (AvgIpc) is 4.08. The molecule has 25 nitrogen and oxygen atoms in total. The zero-order chi connectivity index (χ0) is 57.6. The Hall–Kier alpha value is -6.05. The van der Waals surface area contributed by atoms with E-state index in [9.17, 15) is 57.5 Å². The molecule has 6 atom stereocenters. The number of thioether (sulfide) groups is 1. The Kier molecular flexibility index (Phi) is 23.5. The van der Waals surface area contributed by atoms with Crippen LogP contribution in [-0.2, 0) is 62.3 Å². The predicted octanol–water partition coefficient (Wildman–Crippen LogP) is -2.21. The summed E-state index contributed by atoms with van der Waals surface area (Å²) in [5, 5.41) is 8.10. The molecule has 0 radical (unpaired) electrons. The number of carbonyl (C=O) groups is 12. The van der Waals surface area contributed by atoms with Gasteiger partial charge in [-0.15, -0.1) is 11.8 Å². The number of fused-ring (bicyclic) bond motifs is 2. The molecule has 77 heavy (non-hydrogen) atoms. The Morgan fingerprint density at radius 1 is 0.688 bits per heavy atom. The number of amides is 12. The highest BCUT2D eigenvalue weighted by atomic mass is 32.2. The quantitative estimate of drug-likeness (QED) is 0.228. The summed E-state index contributed by atoms with van der Waals surface area (Å²) in [4.78, 5) is 177. The molecule has 4 aliphatic rings. The van der Waals surface area contributed by atoms with Crippen molar-refractivity contribution in [2.45, 2.75) is 127 Å². The number of hydrogen-bond acceptors (Lipinski definition) is 14. The SMILES string of the molecule is CCCOCC1C(=O)N(C)CC(=O)NCC(=O)N2CCCC2C(=O)NC2(CCCC2)C(=O)N(C)CC(=O)N(C)C(C(=O)N(C)C)CSCC(=O)N(C)C(CC(C)C)C(=O)NCC(=O)N(C)C(C)C(=O)N2CCC2C(=O)N1C. The minimum absolute atomic E-state index is 0.0240. The summed E-state index contributed by atoms with van der Waals surface area (Å²) in [6, 6.07) is -6.31. The van der Waals surface area contributed by atoms with Crippen LogP contribution in [-0.4, -0.2) is 277 Å². The molecule has 1 saturated carbocycles. The highest BCUT2D eigenvalue weighted by Gasteiger charge is 2.48. The third-order valence-corrected chi connectivity index (χ3v) is 16.0. The van der Waals surface area contributed by atoms with Crippen LogP contribution in [0.1, 0.15) is 85.5 Å². The maximum absolute atomic E-state index is 14.3. The van der Waals surface area contributed by atoms with E-state index in [4.69, 9.17) is 4.74 Å². The molecule has 0 aromatic rings. The first kappa shape index (κ1) is 63.5. The van der Waals surface area contributed by atoms with Gasteiger partial charge in [-0.25, -0.2) is 0 Å². The van der Waals surface area contributed by atoms with E-state index in [0.29, 0.717) is 25.7 Å². The molecule has 4 rings (SSSR count). The molecule has 3 N–H and O–H groups in total.